The van der Waals surface area contributed by atoms with E-state index in [9.17, 15) is 19.2 Å². The van der Waals surface area contributed by atoms with Crippen molar-refractivity contribution < 1.29 is 0 Å². The zero-order chi connectivity index (χ0) is 28.2. The summed E-state index contributed by atoms with van der Waals surface area (Å²) < 4.78 is 2.38. The molecule has 2 aromatic heterocycles. The molecule has 0 N–H and O–H groups in total. The molecule has 3 aromatic carbocycles. The largest absolute Gasteiger partial charge is 0.274 e. The zero-order valence-corrected chi connectivity index (χ0v) is 22.5. The van der Waals surface area contributed by atoms with Crippen molar-refractivity contribution >= 4 is 21.5 Å². The molecule has 0 radical (unpaired) electrons. The van der Waals surface area contributed by atoms with Crippen LogP contribution in [-0.4, -0.2) is 9.13 Å². The van der Waals surface area contributed by atoms with E-state index in [1.807, 2.05) is 74.5 Å². The molecule has 6 nitrogen and oxygen atoms in total. The average molecular weight is 529 g/mol. The van der Waals surface area contributed by atoms with E-state index in [2.05, 4.69) is 23.7 Å². The maximum Gasteiger partial charge on any atom is 0.262 e. The van der Waals surface area contributed by atoms with Crippen molar-refractivity contribution in [2.24, 2.45) is 0 Å². The molecular formula is C34H28N2O4. The Balaban J connectivity index is 1.98. The molecule has 5 rings (SSSR count). The fraction of sp³-hybridized carbons (Fsp3) is 0.235. The number of rotatable bonds is 6. The van der Waals surface area contributed by atoms with Crippen molar-refractivity contribution in [2.75, 3.05) is 0 Å². The maximum atomic E-state index is 13.8. The minimum atomic E-state index is -0.511. The van der Waals surface area contributed by atoms with E-state index in [-0.39, 0.29) is 45.8 Å². The number of hydrogen-bond acceptors (Lipinski definition) is 4. The van der Waals surface area contributed by atoms with Crippen molar-refractivity contribution in [3.8, 4) is 23.7 Å². The normalized spacial score (nSPS) is 10.8. The van der Waals surface area contributed by atoms with Crippen LogP contribution >= 0.6 is 0 Å². The van der Waals surface area contributed by atoms with E-state index < -0.39 is 22.2 Å². The quantitative estimate of drug-likeness (QED) is 0.308. The number of fused-ring (bicyclic) bond motifs is 2. The van der Waals surface area contributed by atoms with Gasteiger partial charge in [0.05, 0.1) is 32.7 Å². The molecule has 0 aliphatic heterocycles. The molecule has 0 amide bonds. The molecule has 6 heteroatoms. The standard InChI is InChI=1S/C34H28N2O4/c1-3-5-21-35-31(37)27-25(19-17-23-13-9-7-10-14-23)29-30(34(40)36(33(29)39)22-6-4-2)26(28(27)32(35)38)20-18-24-15-11-8-12-16-24/h7-16H,3-6,21-22H2,1-2H3. The fourth-order valence-corrected chi connectivity index (χ4v) is 4.93. The van der Waals surface area contributed by atoms with Crippen LogP contribution in [-0.2, 0) is 13.1 Å². The van der Waals surface area contributed by atoms with E-state index in [1.165, 1.54) is 9.13 Å². The maximum absolute atomic E-state index is 13.8. The predicted octanol–water partition coefficient (Wildman–Crippen LogP) is 4.31. The lowest BCUT2D eigenvalue weighted by Crippen LogP contribution is -2.26. The molecule has 0 unspecified atom stereocenters. The monoisotopic (exact) mass is 528 g/mol. The zero-order valence-electron chi connectivity index (χ0n) is 22.5. The average Bonchev–Trinajstić information content (AvgIpc) is 3.38. The third-order valence-electron chi connectivity index (χ3n) is 7.02. The van der Waals surface area contributed by atoms with Crippen LogP contribution < -0.4 is 22.2 Å². The molecule has 0 fully saturated rings. The number of hydrogen-bond donors (Lipinski definition) is 0. The molecule has 40 heavy (non-hydrogen) atoms. The summed E-state index contributed by atoms with van der Waals surface area (Å²) in [7, 11) is 0. The van der Waals surface area contributed by atoms with Crippen molar-refractivity contribution in [2.45, 2.75) is 52.6 Å². The minimum Gasteiger partial charge on any atom is -0.274 e. The summed E-state index contributed by atoms with van der Waals surface area (Å²) in [5, 5.41) is 0.219. The smallest absolute Gasteiger partial charge is 0.262 e. The van der Waals surface area contributed by atoms with Crippen molar-refractivity contribution in [1.82, 2.24) is 9.13 Å². The highest BCUT2D eigenvalue weighted by atomic mass is 16.2. The topological polar surface area (TPSA) is 78.1 Å². The molecule has 0 aliphatic carbocycles. The highest BCUT2D eigenvalue weighted by Crippen LogP contribution is 2.26. The summed E-state index contributed by atoms with van der Waals surface area (Å²) in [5.74, 6) is 12.1. The van der Waals surface area contributed by atoms with Gasteiger partial charge in [0.15, 0.2) is 0 Å². The first kappa shape index (κ1) is 26.7. The third kappa shape index (κ3) is 4.70. The van der Waals surface area contributed by atoms with Gasteiger partial charge in [-0.05, 0) is 37.1 Å². The van der Waals surface area contributed by atoms with Crippen LogP contribution in [0.15, 0.2) is 79.8 Å². The van der Waals surface area contributed by atoms with Gasteiger partial charge in [-0.15, -0.1) is 0 Å². The first-order valence-corrected chi connectivity index (χ1v) is 13.6. The van der Waals surface area contributed by atoms with Crippen LogP contribution in [0.1, 0.15) is 61.8 Å². The first-order chi connectivity index (χ1) is 19.5. The van der Waals surface area contributed by atoms with Gasteiger partial charge in [0, 0.05) is 24.2 Å². The van der Waals surface area contributed by atoms with E-state index in [0.29, 0.717) is 24.0 Å². The first-order valence-electron chi connectivity index (χ1n) is 13.6. The molecule has 198 valence electrons. The Bertz CT molecular complexity index is 1820. The van der Waals surface area contributed by atoms with Gasteiger partial charge >= 0.3 is 0 Å². The van der Waals surface area contributed by atoms with Crippen molar-refractivity contribution in [3.63, 3.8) is 0 Å². The highest BCUT2D eigenvalue weighted by molar-refractivity contribution is 6.09. The Morgan fingerprint density at radius 2 is 0.825 bits per heavy atom. The highest BCUT2D eigenvalue weighted by Gasteiger charge is 2.28. The third-order valence-corrected chi connectivity index (χ3v) is 7.02. The lowest BCUT2D eigenvalue weighted by Gasteiger charge is -2.00. The molecule has 0 aliphatic rings. The number of nitrogens with zero attached hydrogens (tertiary/aromatic N) is 2. The lowest BCUT2D eigenvalue weighted by atomic mass is 9.96. The molecule has 0 saturated heterocycles. The van der Waals surface area contributed by atoms with Gasteiger partial charge in [0.25, 0.3) is 22.2 Å². The Morgan fingerprint density at radius 3 is 1.12 bits per heavy atom. The Morgan fingerprint density at radius 1 is 0.500 bits per heavy atom. The van der Waals surface area contributed by atoms with Gasteiger partial charge in [0.2, 0.25) is 0 Å². The molecule has 0 bridgehead atoms. The predicted molar refractivity (Wildman–Crippen MR) is 160 cm³/mol. The van der Waals surface area contributed by atoms with E-state index >= 15 is 0 Å². The van der Waals surface area contributed by atoms with Gasteiger partial charge in [-0.25, -0.2) is 0 Å². The van der Waals surface area contributed by atoms with Gasteiger partial charge < -0.3 is 0 Å². The van der Waals surface area contributed by atoms with Crippen LogP contribution in [0.4, 0.5) is 0 Å². The van der Waals surface area contributed by atoms with Crippen molar-refractivity contribution in [3.05, 3.63) is 124 Å². The summed E-state index contributed by atoms with van der Waals surface area (Å²) >= 11 is 0. The number of aromatic nitrogens is 2. The van der Waals surface area contributed by atoms with Crippen LogP contribution in [0, 0.1) is 23.7 Å². The molecule has 0 spiro atoms. The van der Waals surface area contributed by atoms with Crippen LogP contribution in [0.5, 0.6) is 0 Å². The Labute approximate surface area is 231 Å². The molecule has 0 saturated carbocycles. The van der Waals surface area contributed by atoms with E-state index in [1.54, 1.807) is 0 Å². The second-order valence-corrected chi connectivity index (χ2v) is 9.71. The summed E-state index contributed by atoms with van der Waals surface area (Å²) in [6.45, 7) is 4.41. The SMILES string of the molecule is CCCCn1c(=O)c2c(C#Cc3ccccc3)c3c(=O)n(CCCC)c(=O)c3c(C#Cc3ccccc3)c2c1=O. The molecular weight excluding hydrogens is 500 g/mol. The Kier molecular flexibility index (Phi) is 7.62. The molecule has 2 heterocycles. The Hall–Kier alpha value is -4.94. The van der Waals surface area contributed by atoms with Crippen LogP contribution in [0.2, 0.25) is 0 Å². The lowest BCUT2D eigenvalue weighted by molar-refractivity contribution is 0.608. The summed E-state index contributed by atoms with van der Waals surface area (Å²) in [6, 6.07) is 18.3. The second kappa shape index (κ2) is 11.4. The van der Waals surface area contributed by atoms with E-state index in [0.717, 1.165) is 12.8 Å². The number of unbranched alkanes of at least 4 members (excludes halogenated alkanes) is 2. The number of benzene rings is 3. The van der Waals surface area contributed by atoms with Gasteiger partial charge in [-0.3, -0.25) is 28.3 Å². The van der Waals surface area contributed by atoms with E-state index in [4.69, 9.17) is 0 Å². The molecule has 5 aromatic rings. The second-order valence-electron chi connectivity index (χ2n) is 9.71. The summed E-state index contributed by atoms with van der Waals surface area (Å²) in [4.78, 5) is 55.2. The summed E-state index contributed by atoms with van der Waals surface area (Å²) in [6.07, 6.45) is 2.83. The summed E-state index contributed by atoms with van der Waals surface area (Å²) in [5.41, 5.74) is -0.448. The van der Waals surface area contributed by atoms with Crippen LogP contribution in [0.3, 0.4) is 0 Å². The van der Waals surface area contributed by atoms with Gasteiger partial charge in [-0.1, -0.05) is 86.8 Å². The van der Waals surface area contributed by atoms with Crippen molar-refractivity contribution in [1.29, 1.82) is 0 Å². The van der Waals surface area contributed by atoms with Gasteiger partial charge in [0.1, 0.15) is 0 Å². The fourth-order valence-electron chi connectivity index (χ4n) is 4.93. The van der Waals surface area contributed by atoms with Crippen LogP contribution in [0.25, 0.3) is 21.5 Å². The minimum absolute atomic E-state index is 0.0548. The molecule has 0 atom stereocenters. The van der Waals surface area contributed by atoms with Gasteiger partial charge in [-0.2, -0.15) is 0 Å².